The third-order valence-electron chi connectivity index (χ3n) is 10.8. The van der Waals surface area contributed by atoms with Crippen LogP contribution in [-0.4, -0.2) is 59.8 Å². The first-order valence-electron chi connectivity index (χ1n) is 13.2. The summed E-state index contributed by atoms with van der Waals surface area (Å²) < 4.78 is 10.8. The van der Waals surface area contributed by atoms with Gasteiger partial charge in [-0.15, -0.1) is 0 Å². The number of amides is 1. The quantitative estimate of drug-likeness (QED) is 0.445. The zero-order chi connectivity index (χ0) is 24.9. The molecule has 0 aliphatic heterocycles. The number of aliphatic hydroxyl groups is 2. The number of esters is 1. The number of rotatable bonds is 5. The van der Waals surface area contributed by atoms with Crippen LogP contribution < -0.4 is 11.1 Å². The van der Waals surface area contributed by atoms with Crippen LogP contribution in [-0.2, 0) is 14.3 Å². The summed E-state index contributed by atoms with van der Waals surface area (Å²) in [7, 11) is 1.42. The van der Waals surface area contributed by atoms with Crippen molar-refractivity contribution in [3.8, 4) is 0 Å². The van der Waals surface area contributed by atoms with Crippen LogP contribution in [0.2, 0.25) is 0 Å². The van der Waals surface area contributed by atoms with Crippen LogP contribution in [0, 0.1) is 34.5 Å². The van der Waals surface area contributed by atoms with Crippen molar-refractivity contribution >= 4 is 12.1 Å². The summed E-state index contributed by atoms with van der Waals surface area (Å²) in [6.45, 7) is 6.17. The molecule has 4 saturated carbocycles. The van der Waals surface area contributed by atoms with E-state index < -0.39 is 23.2 Å². The molecule has 4 aliphatic rings. The molecule has 0 radical (unpaired) electrons. The van der Waals surface area contributed by atoms with Gasteiger partial charge >= 0.3 is 12.1 Å². The number of alkyl carbamates (subject to hydrolysis) is 1. The molecule has 0 spiro atoms. The Kier molecular flexibility index (Phi) is 6.99. The van der Waals surface area contributed by atoms with Crippen molar-refractivity contribution in [3.05, 3.63) is 0 Å². The highest BCUT2D eigenvalue weighted by Gasteiger charge is 2.70. The normalized spacial score (nSPS) is 46.4. The molecule has 0 bridgehead atoms. The van der Waals surface area contributed by atoms with E-state index in [0.29, 0.717) is 25.2 Å². The second-order valence-corrected chi connectivity index (χ2v) is 11.9. The Hall–Kier alpha value is -1.38. The van der Waals surface area contributed by atoms with Crippen LogP contribution >= 0.6 is 0 Å². The Morgan fingerprint density at radius 1 is 1.12 bits per heavy atom. The van der Waals surface area contributed by atoms with Crippen molar-refractivity contribution in [2.45, 2.75) is 102 Å². The van der Waals surface area contributed by atoms with Crippen LogP contribution in [0.3, 0.4) is 0 Å². The molecule has 0 aromatic rings. The number of hydrogen-bond donors (Lipinski definition) is 4. The lowest BCUT2D eigenvalue weighted by atomic mass is 9.42. The molecule has 4 aliphatic carbocycles. The Bertz CT molecular complexity index is 789. The van der Waals surface area contributed by atoms with Crippen molar-refractivity contribution in [2.75, 3.05) is 13.7 Å². The van der Waals surface area contributed by atoms with Crippen LogP contribution in [0.15, 0.2) is 0 Å². The molecule has 0 heterocycles. The molecular weight excluding hydrogens is 436 g/mol. The first-order chi connectivity index (χ1) is 16.0. The van der Waals surface area contributed by atoms with E-state index in [2.05, 4.69) is 12.2 Å². The van der Waals surface area contributed by atoms with Crippen LogP contribution in [0.25, 0.3) is 0 Å². The number of ether oxygens (including phenoxy) is 2. The Labute approximate surface area is 203 Å². The summed E-state index contributed by atoms with van der Waals surface area (Å²) >= 11 is 0. The van der Waals surface area contributed by atoms with E-state index in [1.807, 2.05) is 13.8 Å². The zero-order valence-corrected chi connectivity index (χ0v) is 21.2. The summed E-state index contributed by atoms with van der Waals surface area (Å²) in [5.41, 5.74) is 5.97. The predicted molar refractivity (Wildman–Crippen MR) is 127 cm³/mol. The number of carbonyl (C=O) groups excluding carboxylic acids is 2. The molecule has 34 heavy (non-hydrogen) atoms. The average Bonchev–Trinajstić information content (AvgIpc) is 3.10. The second-order valence-electron chi connectivity index (χ2n) is 11.9. The van der Waals surface area contributed by atoms with Crippen molar-refractivity contribution in [1.82, 2.24) is 5.32 Å². The number of nitrogens with two attached hydrogens (primary N) is 1. The number of carbonyl (C=O) groups is 2. The fourth-order valence-corrected chi connectivity index (χ4v) is 8.54. The lowest BCUT2D eigenvalue weighted by Crippen LogP contribution is -2.71. The van der Waals surface area contributed by atoms with Crippen LogP contribution in [0.4, 0.5) is 4.79 Å². The van der Waals surface area contributed by atoms with Crippen molar-refractivity contribution in [2.24, 2.45) is 40.2 Å². The van der Waals surface area contributed by atoms with Gasteiger partial charge in [-0.2, -0.15) is 0 Å². The molecule has 10 atom stereocenters. The number of nitrogens with one attached hydrogen (secondary N) is 1. The SMILES string of the molecule is CCC(CO)NC(=O)OC1CCC2(C)C(CCC3C2CC(O)C2(C)C(C(=O)OC)CCC32N)C1. The number of aliphatic hydroxyl groups excluding tert-OH is 2. The smallest absolute Gasteiger partial charge is 0.407 e. The Morgan fingerprint density at radius 2 is 1.85 bits per heavy atom. The minimum absolute atomic E-state index is 0.0222. The molecule has 8 nitrogen and oxygen atoms in total. The van der Waals surface area contributed by atoms with Gasteiger partial charge in [-0.3, -0.25) is 4.79 Å². The van der Waals surface area contributed by atoms with Gasteiger partial charge in [0.25, 0.3) is 0 Å². The van der Waals surface area contributed by atoms with Gasteiger partial charge in [-0.25, -0.2) is 4.79 Å². The fourth-order valence-electron chi connectivity index (χ4n) is 8.54. The van der Waals surface area contributed by atoms with E-state index in [0.717, 1.165) is 38.5 Å². The third kappa shape index (κ3) is 3.75. The number of hydrogen-bond acceptors (Lipinski definition) is 7. The Morgan fingerprint density at radius 3 is 2.50 bits per heavy atom. The van der Waals surface area contributed by atoms with Gasteiger partial charge in [0.15, 0.2) is 0 Å². The summed E-state index contributed by atoms with van der Waals surface area (Å²) in [5, 5.41) is 23.6. The van der Waals surface area contributed by atoms with Crippen molar-refractivity contribution < 1.29 is 29.3 Å². The molecule has 1 amide bonds. The van der Waals surface area contributed by atoms with Gasteiger partial charge in [0, 0.05) is 11.0 Å². The molecule has 4 rings (SSSR count). The van der Waals surface area contributed by atoms with E-state index in [4.69, 9.17) is 15.2 Å². The maximum Gasteiger partial charge on any atom is 0.407 e. The van der Waals surface area contributed by atoms with E-state index >= 15 is 0 Å². The number of methoxy groups -OCH3 is 1. The van der Waals surface area contributed by atoms with Gasteiger partial charge in [0.1, 0.15) is 6.10 Å². The van der Waals surface area contributed by atoms with E-state index in [9.17, 15) is 19.8 Å². The Balaban J connectivity index is 1.49. The van der Waals surface area contributed by atoms with Gasteiger partial charge in [0.05, 0.1) is 31.8 Å². The zero-order valence-electron chi connectivity index (χ0n) is 21.2. The molecule has 0 aromatic heterocycles. The van der Waals surface area contributed by atoms with Crippen LogP contribution in [0.5, 0.6) is 0 Å². The summed E-state index contributed by atoms with van der Waals surface area (Å²) in [6.07, 6.45) is 5.99. The van der Waals surface area contributed by atoms with Gasteiger partial charge in [-0.1, -0.05) is 20.8 Å². The average molecular weight is 481 g/mol. The highest BCUT2D eigenvalue weighted by molar-refractivity contribution is 5.74. The fraction of sp³-hybridized carbons (Fsp3) is 0.923. The van der Waals surface area contributed by atoms with E-state index in [1.165, 1.54) is 7.11 Å². The summed E-state index contributed by atoms with van der Waals surface area (Å²) in [5.74, 6) is 0.321. The van der Waals surface area contributed by atoms with Gasteiger partial charge < -0.3 is 30.7 Å². The summed E-state index contributed by atoms with van der Waals surface area (Å²) in [6, 6.07) is -0.282. The molecule has 4 fully saturated rings. The van der Waals surface area contributed by atoms with Crippen molar-refractivity contribution in [1.29, 1.82) is 0 Å². The minimum Gasteiger partial charge on any atom is -0.469 e. The molecule has 0 aromatic carbocycles. The highest BCUT2D eigenvalue weighted by atomic mass is 16.6. The molecule has 194 valence electrons. The summed E-state index contributed by atoms with van der Waals surface area (Å²) in [4.78, 5) is 24.9. The minimum atomic E-state index is -0.675. The third-order valence-corrected chi connectivity index (χ3v) is 10.8. The molecule has 5 N–H and O–H groups in total. The lowest BCUT2D eigenvalue weighted by Gasteiger charge is -2.65. The standard InChI is InChI=1S/C26H44N2O6/c1-5-16(14-29)28-23(32)34-17-8-10-24(2)15(12-17)6-7-18-20(24)13-21(30)25(3)19(22(31)33-4)9-11-26(18,25)27/h15-21,29-30H,5-14,27H2,1-4H3,(H,28,32). The van der Waals surface area contributed by atoms with Crippen LogP contribution in [0.1, 0.15) is 78.6 Å². The molecule has 0 saturated heterocycles. The van der Waals surface area contributed by atoms with E-state index in [1.54, 1.807) is 0 Å². The maximum absolute atomic E-state index is 12.6. The largest absolute Gasteiger partial charge is 0.469 e. The predicted octanol–water partition coefficient (Wildman–Crippen LogP) is 2.74. The maximum atomic E-state index is 12.6. The highest BCUT2D eigenvalue weighted by Crippen LogP contribution is 2.68. The van der Waals surface area contributed by atoms with Gasteiger partial charge in [0.2, 0.25) is 0 Å². The first-order valence-corrected chi connectivity index (χ1v) is 13.2. The number of fused-ring (bicyclic) bond motifs is 5. The van der Waals surface area contributed by atoms with Gasteiger partial charge in [-0.05, 0) is 81.0 Å². The monoisotopic (exact) mass is 480 g/mol. The van der Waals surface area contributed by atoms with E-state index in [-0.39, 0.29) is 47.9 Å². The topological polar surface area (TPSA) is 131 Å². The lowest BCUT2D eigenvalue weighted by molar-refractivity contribution is -0.188. The first kappa shape index (κ1) is 25.7. The molecule has 8 heteroatoms. The second kappa shape index (κ2) is 9.25. The molecular formula is C26H44N2O6. The van der Waals surface area contributed by atoms with Crippen molar-refractivity contribution in [3.63, 3.8) is 0 Å². The molecule has 10 unspecified atom stereocenters.